The minimum Gasteiger partial charge on any atom is -0.391 e. The summed E-state index contributed by atoms with van der Waals surface area (Å²) in [4.78, 5) is 0. The molecular weight excluding hydrogens is 230 g/mol. The van der Waals surface area contributed by atoms with E-state index in [1.54, 1.807) is 23.1 Å². The maximum Gasteiger partial charge on any atom is 0.174 e. The highest BCUT2D eigenvalue weighted by Crippen LogP contribution is 2.23. The lowest BCUT2D eigenvalue weighted by molar-refractivity contribution is 0.195. The van der Waals surface area contributed by atoms with Crippen molar-refractivity contribution >= 4 is 23.1 Å². The Hall–Kier alpha value is -0.170. The number of nitrogens with one attached hydrogen (secondary N) is 1. The predicted molar refractivity (Wildman–Crippen MR) is 62.4 cm³/mol. The smallest absolute Gasteiger partial charge is 0.174 e. The molecule has 1 atom stereocenters. The fourth-order valence-corrected chi connectivity index (χ4v) is 2.92. The molecule has 2 N–H and O–H groups in total. The van der Waals surface area contributed by atoms with Crippen molar-refractivity contribution in [3.05, 3.63) is 5.01 Å². The minimum atomic E-state index is -0.292. The lowest BCUT2D eigenvalue weighted by Gasteiger charge is -2.09. The van der Waals surface area contributed by atoms with Crippen LogP contribution in [-0.2, 0) is 0 Å². The van der Waals surface area contributed by atoms with E-state index in [2.05, 4.69) is 15.5 Å². The van der Waals surface area contributed by atoms with E-state index >= 15 is 0 Å². The van der Waals surface area contributed by atoms with Gasteiger partial charge >= 0.3 is 0 Å². The van der Waals surface area contributed by atoms with Gasteiger partial charge < -0.3 is 10.4 Å². The summed E-state index contributed by atoms with van der Waals surface area (Å²) in [6.45, 7) is 2.63. The first-order valence-corrected chi connectivity index (χ1v) is 6.88. The molecule has 0 saturated heterocycles. The van der Waals surface area contributed by atoms with Crippen molar-refractivity contribution in [2.45, 2.75) is 36.3 Å². The molecule has 0 aliphatic heterocycles. The maximum atomic E-state index is 9.67. The van der Waals surface area contributed by atoms with Gasteiger partial charge in [0.05, 0.1) is 6.10 Å². The maximum absolute atomic E-state index is 9.67. The average molecular weight is 245 g/mol. The zero-order valence-electron chi connectivity index (χ0n) is 8.64. The van der Waals surface area contributed by atoms with Gasteiger partial charge in [0.2, 0.25) is 0 Å². The quantitative estimate of drug-likeness (QED) is 0.734. The zero-order chi connectivity index (χ0) is 10.7. The van der Waals surface area contributed by atoms with Crippen LogP contribution in [0.5, 0.6) is 0 Å². The van der Waals surface area contributed by atoms with Crippen molar-refractivity contribution < 1.29 is 5.11 Å². The summed E-state index contributed by atoms with van der Waals surface area (Å²) < 4.78 is 0.943. The first kappa shape index (κ1) is 11.3. The van der Waals surface area contributed by atoms with Crippen LogP contribution in [0.3, 0.4) is 0 Å². The molecule has 6 heteroatoms. The molecule has 1 saturated carbocycles. The first-order chi connectivity index (χ1) is 7.24. The van der Waals surface area contributed by atoms with Gasteiger partial charge in [0.1, 0.15) is 5.01 Å². The van der Waals surface area contributed by atoms with Gasteiger partial charge in [-0.25, -0.2) is 0 Å². The second-order valence-electron chi connectivity index (χ2n) is 3.73. The summed E-state index contributed by atoms with van der Waals surface area (Å²) in [5.41, 5.74) is 0. The number of rotatable bonds is 6. The molecule has 1 fully saturated rings. The number of hydrogen-bond acceptors (Lipinski definition) is 6. The standard InChI is InChI=1S/C9H15N3OS2/c1-6-11-12-9(15-6)14-5-8(13)4-10-7-2-3-7/h7-8,10,13H,2-5H2,1H3. The van der Waals surface area contributed by atoms with Crippen LogP contribution < -0.4 is 5.32 Å². The molecule has 1 aliphatic rings. The molecule has 4 nitrogen and oxygen atoms in total. The van der Waals surface area contributed by atoms with Crippen LogP contribution in [0.2, 0.25) is 0 Å². The number of nitrogens with zero attached hydrogens (tertiary/aromatic N) is 2. The molecule has 0 bridgehead atoms. The van der Waals surface area contributed by atoms with Gasteiger partial charge in [-0.2, -0.15) is 0 Å². The van der Waals surface area contributed by atoms with Gasteiger partial charge in [-0.1, -0.05) is 23.1 Å². The van der Waals surface area contributed by atoms with Crippen molar-refractivity contribution in [3.63, 3.8) is 0 Å². The third-order valence-corrected chi connectivity index (χ3v) is 4.24. The van der Waals surface area contributed by atoms with Crippen molar-refractivity contribution in [1.29, 1.82) is 0 Å². The fourth-order valence-electron chi connectivity index (χ4n) is 1.15. The van der Waals surface area contributed by atoms with Crippen molar-refractivity contribution in [3.8, 4) is 0 Å². The van der Waals surface area contributed by atoms with Gasteiger partial charge in [0, 0.05) is 18.3 Å². The van der Waals surface area contributed by atoms with Crippen LogP contribution in [-0.4, -0.2) is 39.7 Å². The summed E-state index contributed by atoms with van der Waals surface area (Å²) >= 11 is 3.15. The molecule has 1 heterocycles. The monoisotopic (exact) mass is 245 g/mol. The second kappa shape index (κ2) is 5.25. The van der Waals surface area contributed by atoms with Gasteiger partial charge in [0.25, 0.3) is 0 Å². The highest BCUT2D eigenvalue weighted by atomic mass is 32.2. The fraction of sp³-hybridized carbons (Fsp3) is 0.778. The lowest BCUT2D eigenvalue weighted by atomic mass is 10.4. The van der Waals surface area contributed by atoms with E-state index in [1.807, 2.05) is 6.92 Å². The van der Waals surface area contributed by atoms with Crippen LogP contribution in [0.1, 0.15) is 17.8 Å². The van der Waals surface area contributed by atoms with Crippen molar-refractivity contribution in [1.82, 2.24) is 15.5 Å². The molecule has 15 heavy (non-hydrogen) atoms. The van der Waals surface area contributed by atoms with E-state index in [9.17, 15) is 5.11 Å². The second-order valence-corrected chi connectivity index (χ2v) is 6.18. The molecule has 1 aliphatic carbocycles. The van der Waals surface area contributed by atoms with E-state index in [4.69, 9.17) is 0 Å². The summed E-state index contributed by atoms with van der Waals surface area (Å²) in [5, 5.41) is 21.9. The number of aromatic nitrogens is 2. The van der Waals surface area contributed by atoms with Gasteiger partial charge in [-0.3, -0.25) is 0 Å². The third-order valence-electron chi connectivity index (χ3n) is 2.13. The lowest BCUT2D eigenvalue weighted by Crippen LogP contribution is -2.29. The Morgan fingerprint density at radius 2 is 2.40 bits per heavy atom. The Kier molecular flexibility index (Phi) is 3.96. The number of aliphatic hydroxyl groups excluding tert-OH is 1. The Bertz CT molecular complexity index is 314. The zero-order valence-corrected chi connectivity index (χ0v) is 10.3. The van der Waals surface area contributed by atoms with Crippen LogP contribution in [0, 0.1) is 6.92 Å². The van der Waals surface area contributed by atoms with Gasteiger partial charge in [-0.05, 0) is 19.8 Å². The first-order valence-electron chi connectivity index (χ1n) is 5.08. The largest absolute Gasteiger partial charge is 0.391 e. The summed E-state index contributed by atoms with van der Waals surface area (Å²) in [6.07, 6.45) is 2.23. The number of hydrogen-bond donors (Lipinski definition) is 2. The van der Waals surface area contributed by atoms with Gasteiger partial charge in [-0.15, -0.1) is 10.2 Å². The van der Waals surface area contributed by atoms with E-state index in [1.165, 1.54) is 12.8 Å². The Morgan fingerprint density at radius 1 is 1.60 bits per heavy atom. The summed E-state index contributed by atoms with van der Waals surface area (Å²) in [7, 11) is 0. The molecule has 0 amide bonds. The van der Waals surface area contributed by atoms with Crippen LogP contribution in [0.25, 0.3) is 0 Å². The van der Waals surface area contributed by atoms with E-state index in [0.717, 1.165) is 9.35 Å². The molecule has 1 aromatic rings. The highest BCUT2D eigenvalue weighted by molar-refractivity contribution is 8.01. The molecular formula is C9H15N3OS2. The Balaban J connectivity index is 1.63. The van der Waals surface area contributed by atoms with E-state index in [0.29, 0.717) is 18.3 Å². The van der Waals surface area contributed by atoms with E-state index < -0.39 is 0 Å². The molecule has 0 spiro atoms. The van der Waals surface area contributed by atoms with Crippen LogP contribution in [0.4, 0.5) is 0 Å². The molecule has 2 rings (SSSR count). The number of aliphatic hydroxyl groups is 1. The number of thioether (sulfide) groups is 1. The summed E-state index contributed by atoms with van der Waals surface area (Å²) in [5.74, 6) is 0.689. The van der Waals surface area contributed by atoms with Crippen molar-refractivity contribution in [2.75, 3.05) is 12.3 Å². The average Bonchev–Trinajstić information content (AvgIpc) is 2.95. The molecule has 1 aromatic heterocycles. The van der Waals surface area contributed by atoms with Crippen molar-refractivity contribution in [2.24, 2.45) is 0 Å². The Morgan fingerprint density at radius 3 is 3.00 bits per heavy atom. The molecule has 1 unspecified atom stereocenters. The van der Waals surface area contributed by atoms with Crippen LogP contribution in [0.15, 0.2) is 4.34 Å². The molecule has 0 aromatic carbocycles. The topological polar surface area (TPSA) is 58.0 Å². The highest BCUT2D eigenvalue weighted by Gasteiger charge is 2.21. The van der Waals surface area contributed by atoms with E-state index in [-0.39, 0.29) is 6.10 Å². The number of aryl methyl sites for hydroxylation is 1. The molecule has 84 valence electrons. The predicted octanol–water partition coefficient (Wildman–Crippen LogP) is 1.05. The van der Waals surface area contributed by atoms with Crippen LogP contribution >= 0.6 is 23.1 Å². The normalized spacial score (nSPS) is 18.0. The SMILES string of the molecule is Cc1nnc(SCC(O)CNC2CC2)s1. The molecule has 0 radical (unpaired) electrons. The van der Waals surface area contributed by atoms with Gasteiger partial charge in [0.15, 0.2) is 4.34 Å². The summed E-state index contributed by atoms with van der Waals surface area (Å²) in [6, 6.07) is 0.661. The Labute approximate surface area is 97.5 Å². The third kappa shape index (κ3) is 4.06. The minimum absolute atomic E-state index is 0.292.